The van der Waals surface area contributed by atoms with Crippen LogP contribution in [-0.4, -0.2) is 94.0 Å². The minimum atomic E-state index is -2.94. The maximum Gasteiger partial charge on any atom is 0.277 e. The third-order valence-corrected chi connectivity index (χ3v) is 7.14. The number of ether oxygens (including phenoxy) is 1. The SMILES string of the molecule is CC(C)n1c(N2CCN(C)CC(F)(F)C2)nc2c(F)cc(-c3nc(N[C@@H]4CCOC[C@H]4O)ncc3Cl)cc21. The van der Waals surface area contributed by atoms with Crippen molar-refractivity contribution in [3.05, 3.63) is 29.2 Å². The minimum absolute atomic E-state index is 0.0900. The Bertz CT molecular complexity index is 1320. The molecule has 13 heteroatoms. The molecule has 2 fully saturated rings. The molecule has 2 aromatic heterocycles. The van der Waals surface area contributed by atoms with Gasteiger partial charge in [0.25, 0.3) is 5.92 Å². The predicted octanol–water partition coefficient (Wildman–Crippen LogP) is 3.82. The number of hydrogen-bond acceptors (Lipinski definition) is 8. The van der Waals surface area contributed by atoms with Crippen molar-refractivity contribution in [2.45, 2.75) is 44.4 Å². The molecular weight excluding hydrogens is 523 g/mol. The first-order valence-corrected chi connectivity index (χ1v) is 13.0. The van der Waals surface area contributed by atoms with Crippen LogP contribution in [0.25, 0.3) is 22.3 Å². The Balaban J connectivity index is 1.56. The number of anilines is 2. The number of halogens is 4. The molecule has 206 valence electrons. The Morgan fingerprint density at radius 2 is 2.00 bits per heavy atom. The fraction of sp³-hybridized carbons (Fsp3) is 0.560. The number of imidazole rings is 1. The van der Waals surface area contributed by atoms with Crippen LogP contribution >= 0.6 is 11.6 Å². The van der Waals surface area contributed by atoms with E-state index in [0.29, 0.717) is 48.8 Å². The first-order chi connectivity index (χ1) is 18.0. The molecule has 2 aliphatic heterocycles. The molecule has 0 saturated carbocycles. The average Bonchev–Trinajstić information content (AvgIpc) is 3.17. The molecule has 4 heterocycles. The van der Waals surface area contributed by atoms with Crippen LogP contribution < -0.4 is 10.2 Å². The summed E-state index contributed by atoms with van der Waals surface area (Å²) in [6, 6.07) is 2.52. The van der Waals surface area contributed by atoms with Crippen LogP contribution in [0.5, 0.6) is 0 Å². The molecule has 0 aliphatic carbocycles. The van der Waals surface area contributed by atoms with E-state index in [4.69, 9.17) is 16.3 Å². The largest absolute Gasteiger partial charge is 0.389 e. The zero-order chi connectivity index (χ0) is 27.2. The number of nitrogens with zero attached hydrogens (tertiary/aromatic N) is 6. The summed E-state index contributed by atoms with van der Waals surface area (Å²) in [6.07, 6.45) is 1.27. The molecule has 9 nitrogen and oxygen atoms in total. The van der Waals surface area contributed by atoms with Gasteiger partial charge in [0.05, 0.1) is 54.3 Å². The van der Waals surface area contributed by atoms with E-state index >= 15 is 4.39 Å². The quantitative estimate of drug-likeness (QED) is 0.493. The van der Waals surface area contributed by atoms with Crippen LogP contribution in [0.1, 0.15) is 26.3 Å². The van der Waals surface area contributed by atoms with Crippen molar-refractivity contribution in [3.8, 4) is 11.3 Å². The number of aromatic nitrogens is 4. The Morgan fingerprint density at radius 1 is 1.21 bits per heavy atom. The lowest BCUT2D eigenvalue weighted by molar-refractivity contribution is -0.0136. The molecule has 2 aliphatic rings. The van der Waals surface area contributed by atoms with Crippen LogP contribution in [0.4, 0.5) is 25.1 Å². The summed E-state index contributed by atoms with van der Waals surface area (Å²) in [5, 5.41) is 13.5. The van der Waals surface area contributed by atoms with E-state index in [0.717, 1.165) is 0 Å². The van der Waals surface area contributed by atoms with Gasteiger partial charge in [0.15, 0.2) is 5.82 Å². The van der Waals surface area contributed by atoms with Crippen molar-refractivity contribution >= 4 is 34.5 Å². The Hall–Kier alpha value is -2.67. The van der Waals surface area contributed by atoms with Crippen LogP contribution in [0.15, 0.2) is 18.3 Å². The number of rotatable bonds is 5. The minimum Gasteiger partial charge on any atom is -0.389 e. The van der Waals surface area contributed by atoms with Gasteiger partial charge in [0, 0.05) is 31.3 Å². The summed E-state index contributed by atoms with van der Waals surface area (Å²) in [5.41, 5.74) is 1.24. The molecule has 2 saturated heterocycles. The third kappa shape index (κ3) is 5.40. The summed E-state index contributed by atoms with van der Waals surface area (Å²) in [6.45, 7) is 4.41. The van der Waals surface area contributed by atoms with E-state index in [1.807, 2.05) is 13.8 Å². The Labute approximate surface area is 223 Å². The summed E-state index contributed by atoms with van der Waals surface area (Å²) in [4.78, 5) is 16.3. The molecule has 0 amide bonds. The second-order valence-electron chi connectivity index (χ2n) is 10.3. The van der Waals surface area contributed by atoms with Crippen LogP contribution in [0.3, 0.4) is 0 Å². The molecule has 2 atom stereocenters. The van der Waals surface area contributed by atoms with Gasteiger partial charge in [0.1, 0.15) is 5.52 Å². The monoisotopic (exact) mass is 553 g/mol. The number of hydrogen-bond donors (Lipinski definition) is 2. The lowest BCUT2D eigenvalue weighted by Gasteiger charge is -2.28. The standard InChI is InChI=1S/C25H31ClF3N7O2/c1-14(2)36-19-9-15(21-16(26)10-30-23(32-21)31-18-4-7-38-11-20(18)37)8-17(27)22(19)33-24(36)35-6-5-34(3)12-25(28,29)13-35/h8-10,14,18,20,37H,4-7,11-13H2,1-3H3,(H,30,31,32)/t18-,20-/m1/s1. The van der Waals surface area contributed by atoms with Gasteiger partial charge >= 0.3 is 0 Å². The lowest BCUT2D eigenvalue weighted by atomic mass is 10.1. The number of alkyl halides is 2. The second-order valence-corrected chi connectivity index (χ2v) is 10.7. The highest BCUT2D eigenvalue weighted by atomic mass is 35.5. The molecule has 3 aromatic rings. The van der Waals surface area contributed by atoms with Crippen LogP contribution in [-0.2, 0) is 4.74 Å². The molecule has 0 spiro atoms. The van der Waals surface area contributed by atoms with Gasteiger partial charge in [-0.3, -0.25) is 4.90 Å². The summed E-state index contributed by atoms with van der Waals surface area (Å²) >= 11 is 6.43. The maximum atomic E-state index is 15.5. The fourth-order valence-electron chi connectivity index (χ4n) is 5.05. The lowest BCUT2D eigenvalue weighted by Crippen LogP contribution is -2.42. The van der Waals surface area contributed by atoms with Crippen LogP contribution in [0, 0.1) is 5.82 Å². The zero-order valence-corrected chi connectivity index (χ0v) is 22.2. The first-order valence-electron chi connectivity index (χ1n) is 12.6. The Morgan fingerprint density at radius 3 is 2.74 bits per heavy atom. The van der Waals surface area contributed by atoms with Crippen molar-refractivity contribution in [1.29, 1.82) is 0 Å². The second kappa shape index (κ2) is 10.5. The van der Waals surface area contributed by atoms with Crippen molar-refractivity contribution in [1.82, 2.24) is 24.4 Å². The highest BCUT2D eigenvalue weighted by molar-refractivity contribution is 6.33. The molecular formula is C25H31ClF3N7O2. The molecule has 2 N–H and O–H groups in total. The summed E-state index contributed by atoms with van der Waals surface area (Å²) in [5.74, 6) is -3.01. The van der Waals surface area contributed by atoms with E-state index in [1.54, 1.807) is 22.6 Å². The predicted molar refractivity (Wildman–Crippen MR) is 140 cm³/mol. The molecule has 0 bridgehead atoms. The normalized spacial score (nSPS) is 22.7. The van der Waals surface area contributed by atoms with Crippen molar-refractivity contribution in [3.63, 3.8) is 0 Å². The average molecular weight is 554 g/mol. The molecule has 5 rings (SSSR count). The van der Waals surface area contributed by atoms with E-state index in [-0.39, 0.29) is 41.7 Å². The molecule has 1 aromatic carbocycles. The van der Waals surface area contributed by atoms with Crippen molar-refractivity contribution < 1.29 is 23.0 Å². The number of aliphatic hydroxyl groups excluding tert-OH is 1. The van der Waals surface area contributed by atoms with E-state index in [1.165, 1.54) is 17.2 Å². The van der Waals surface area contributed by atoms with Crippen LogP contribution in [0.2, 0.25) is 5.02 Å². The highest BCUT2D eigenvalue weighted by Crippen LogP contribution is 2.35. The summed E-state index contributed by atoms with van der Waals surface area (Å²) in [7, 11) is 1.66. The van der Waals surface area contributed by atoms with Gasteiger partial charge in [-0.1, -0.05) is 11.6 Å². The fourth-order valence-corrected chi connectivity index (χ4v) is 5.25. The number of nitrogens with one attached hydrogen (secondary N) is 1. The molecule has 0 unspecified atom stereocenters. The maximum absolute atomic E-state index is 15.5. The van der Waals surface area contributed by atoms with Gasteiger partial charge in [-0.15, -0.1) is 0 Å². The molecule has 0 radical (unpaired) electrons. The van der Waals surface area contributed by atoms with E-state index in [2.05, 4.69) is 20.3 Å². The van der Waals surface area contributed by atoms with Gasteiger partial charge in [-0.2, -0.15) is 0 Å². The van der Waals surface area contributed by atoms with Gasteiger partial charge in [-0.25, -0.2) is 28.1 Å². The zero-order valence-electron chi connectivity index (χ0n) is 21.5. The van der Waals surface area contributed by atoms with Crippen molar-refractivity contribution in [2.24, 2.45) is 0 Å². The smallest absolute Gasteiger partial charge is 0.277 e. The number of aliphatic hydroxyl groups is 1. The van der Waals surface area contributed by atoms with E-state index in [9.17, 15) is 13.9 Å². The van der Waals surface area contributed by atoms with Gasteiger partial charge in [-0.05, 0) is 39.4 Å². The number of likely N-dealkylation sites (N-methyl/N-ethyl adjacent to an activating group) is 1. The van der Waals surface area contributed by atoms with Crippen molar-refractivity contribution in [2.75, 3.05) is 56.7 Å². The van der Waals surface area contributed by atoms with Gasteiger partial charge in [0.2, 0.25) is 11.9 Å². The summed E-state index contributed by atoms with van der Waals surface area (Å²) < 4.78 is 51.8. The first kappa shape index (κ1) is 26.9. The number of fused-ring (bicyclic) bond motifs is 1. The third-order valence-electron chi connectivity index (χ3n) is 6.86. The van der Waals surface area contributed by atoms with E-state index < -0.39 is 24.4 Å². The van der Waals surface area contributed by atoms with Gasteiger partial charge < -0.3 is 24.6 Å². The number of benzene rings is 1. The molecule has 38 heavy (non-hydrogen) atoms. The topological polar surface area (TPSA) is 91.6 Å². The Kier molecular flexibility index (Phi) is 7.42. The highest BCUT2D eigenvalue weighted by Gasteiger charge is 2.38.